The molecule has 0 spiro atoms. The number of fused-ring (bicyclic) bond motifs is 1. The molecule has 0 amide bonds. The molecule has 0 atom stereocenters. The third kappa shape index (κ3) is 4.28. The van der Waals surface area contributed by atoms with Crippen LogP contribution in [0.2, 0.25) is 0 Å². The molecule has 0 fully saturated rings. The van der Waals surface area contributed by atoms with Crippen LogP contribution in [0.15, 0.2) is 51.9 Å². The summed E-state index contributed by atoms with van der Waals surface area (Å²) < 4.78 is 22.3. The largest absolute Gasteiger partial charge is 0.497 e. The number of hydrogen-bond acceptors (Lipinski definition) is 5. The lowest BCUT2D eigenvalue weighted by molar-refractivity contribution is -0.856. The Labute approximate surface area is 165 Å². The van der Waals surface area contributed by atoms with Crippen molar-refractivity contribution in [3.8, 4) is 28.6 Å². The number of hydrogen-bond donors (Lipinski definition) is 1. The molecular weight excluding hydrogens is 356 g/mol. The molecule has 0 saturated carbocycles. The van der Waals surface area contributed by atoms with Gasteiger partial charge in [0.2, 0.25) is 0 Å². The summed E-state index contributed by atoms with van der Waals surface area (Å²) in [5.41, 5.74) is 1.65. The van der Waals surface area contributed by atoms with E-state index >= 15 is 0 Å². The van der Waals surface area contributed by atoms with Gasteiger partial charge in [0.15, 0.2) is 11.5 Å². The first-order valence-electron chi connectivity index (χ1n) is 9.19. The fourth-order valence-electron chi connectivity index (χ4n) is 2.94. The van der Waals surface area contributed by atoms with Gasteiger partial charge in [0.1, 0.15) is 17.1 Å². The molecule has 0 aliphatic rings. The lowest BCUT2D eigenvalue weighted by Gasteiger charge is -2.10. The van der Waals surface area contributed by atoms with Gasteiger partial charge >= 0.3 is 0 Å². The van der Waals surface area contributed by atoms with Crippen molar-refractivity contribution in [1.82, 2.24) is 0 Å². The molecule has 148 valence electrons. The van der Waals surface area contributed by atoms with Gasteiger partial charge in [-0.25, -0.2) is 0 Å². The zero-order chi connectivity index (χ0) is 20.1. The van der Waals surface area contributed by atoms with Gasteiger partial charge in [-0.15, -0.1) is 0 Å². The van der Waals surface area contributed by atoms with E-state index in [-0.39, 0.29) is 0 Å². The molecule has 28 heavy (non-hydrogen) atoms. The van der Waals surface area contributed by atoms with Gasteiger partial charge in [-0.05, 0) is 36.4 Å². The number of quaternary nitrogens is 1. The minimum atomic E-state index is 0.653. The minimum absolute atomic E-state index is 0.653. The van der Waals surface area contributed by atoms with Crippen LogP contribution >= 0.6 is 0 Å². The van der Waals surface area contributed by atoms with Gasteiger partial charge in [0.25, 0.3) is 0 Å². The van der Waals surface area contributed by atoms with Crippen LogP contribution in [0.25, 0.3) is 22.3 Å². The quantitative estimate of drug-likeness (QED) is 0.679. The maximum atomic E-state index is 6.17. The highest BCUT2D eigenvalue weighted by Gasteiger charge is 2.11. The Morgan fingerprint density at radius 1 is 0.893 bits per heavy atom. The zero-order valence-corrected chi connectivity index (χ0v) is 17.0. The number of nitrogens with one attached hydrogen (secondary N) is 1. The summed E-state index contributed by atoms with van der Waals surface area (Å²) in [6, 6.07) is 13.4. The fraction of sp³-hybridized carbons (Fsp3) is 0.318. The summed E-state index contributed by atoms with van der Waals surface area (Å²) in [4.78, 5) is 6.17. The maximum Gasteiger partial charge on any atom is 0.161 e. The van der Waals surface area contributed by atoms with E-state index in [1.807, 2.05) is 42.5 Å². The van der Waals surface area contributed by atoms with E-state index in [1.165, 1.54) is 4.90 Å². The van der Waals surface area contributed by atoms with Crippen LogP contribution in [0, 0.1) is 0 Å². The third-order valence-electron chi connectivity index (χ3n) is 4.51. The molecule has 1 aromatic heterocycles. The van der Waals surface area contributed by atoms with Crippen LogP contribution in [0.1, 0.15) is 0 Å². The second-order valence-electron chi connectivity index (χ2n) is 6.77. The third-order valence-corrected chi connectivity index (χ3v) is 4.51. The Morgan fingerprint density at radius 2 is 1.68 bits per heavy atom. The van der Waals surface area contributed by atoms with Crippen molar-refractivity contribution in [2.24, 2.45) is 4.99 Å². The minimum Gasteiger partial charge on any atom is -0.497 e. The molecule has 0 unspecified atom stereocenters. The highest BCUT2D eigenvalue weighted by atomic mass is 16.5. The summed E-state index contributed by atoms with van der Waals surface area (Å²) in [5, 5.41) is 1.81. The molecule has 0 radical (unpaired) electrons. The molecule has 6 heteroatoms. The smallest absolute Gasteiger partial charge is 0.161 e. The molecule has 1 N–H and O–H groups in total. The van der Waals surface area contributed by atoms with E-state index in [0.29, 0.717) is 11.5 Å². The highest BCUT2D eigenvalue weighted by molar-refractivity contribution is 5.80. The van der Waals surface area contributed by atoms with Crippen LogP contribution in [-0.2, 0) is 0 Å². The summed E-state index contributed by atoms with van der Waals surface area (Å²) in [6.07, 6.45) is 0. The second-order valence-corrected chi connectivity index (χ2v) is 6.77. The van der Waals surface area contributed by atoms with E-state index in [0.717, 1.165) is 46.5 Å². The first-order chi connectivity index (χ1) is 13.5. The van der Waals surface area contributed by atoms with E-state index in [1.54, 1.807) is 21.3 Å². The first kappa shape index (κ1) is 19.8. The molecule has 0 saturated heterocycles. The average molecular weight is 383 g/mol. The summed E-state index contributed by atoms with van der Waals surface area (Å²) >= 11 is 0. The van der Waals surface area contributed by atoms with Crippen molar-refractivity contribution in [2.45, 2.75) is 0 Å². The normalized spacial score (nSPS) is 11.9. The number of nitrogens with zero attached hydrogens (tertiary/aromatic N) is 1. The van der Waals surface area contributed by atoms with E-state index < -0.39 is 0 Å². The summed E-state index contributed by atoms with van der Waals surface area (Å²) in [5.74, 6) is 2.82. The standard InChI is InChI=1S/C22H26N2O4/c1-24(2)11-10-23-18-14-21(15-6-8-20(26-4)22(12-15)27-5)28-19-9-7-16(25-3)13-17(18)19/h6-9,12-14H,10-11H2,1-5H3/p+1. The van der Waals surface area contributed by atoms with E-state index in [2.05, 4.69) is 14.1 Å². The molecule has 3 rings (SSSR count). The molecule has 0 aliphatic carbocycles. The second kappa shape index (κ2) is 8.80. The van der Waals surface area contributed by atoms with Crippen LogP contribution in [-0.4, -0.2) is 48.5 Å². The number of likely N-dealkylation sites (N-methyl/N-ethyl adjacent to an activating group) is 1. The summed E-state index contributed by atoms with van der Waals surface area (Å²) in [6.45, 7) is 1.67. The summed E-state index contributed by atoms with van der Waals surface area (Å²) in [7, 11) is 9.13. The maximum absolute atomic E-state index is 6.17. The molecular formula is C22H27N2O4+. The fourth-order valence-corrected chi connectivity index (χ4v) is 2.94. The van der Waals surface area contributed by atoms with Crippen molar-refractivity contribution in [2.75, 3.05) is 48.5 Å². The van der Waals surface area contributed by atoms with Crippen molar-refractivity contribution < 1.29 is 23.5 Å². The van der Waals surface area contributed by atoms with Crippen molar-refractivity contribution >= 4 is 11.0 Å². The van der Waals surface area contributed by atoms with Gasteiger partial charge in [0, 0.05) is 17.0 Å². The molecule has 2 aromatic carbocycles. The topological polar surface area (TPSA) is 57.6 Å². The van der Waals surface area contributed by atoms with Gasteiger partial charge in [-0.1, -0.05) is 0 Å². The first-order valence-corrected chi connectivity index (χ1v) is 9.19. The predicted octanol–water partition coefficient (Wildman–Crippen LogP) is 2.17. The lowest BCUT2D eigenvalue weighted by atomic mass is 10.1. The van der Waals surface area contributed by atoms with Crippen molar-refractivity contribution in [3.63, 3.8) is 0 Å². The van der Waals surface area contributed by atoms with E-state index in [4.69, 9.17) is 23.6 Å². The average Bonchev–Trinajstić information content (AvgIpc) is 2.72. The van der Waals surface area contributed by atoms with Crippen LogP contribution in [0.3, 0.4) is 0 Å². The monoisotopic (exact) mass is 383 g/mol. The zero-order valence-electron chi connectivity index (χ0n) is 17.0. The Morgan fingerprint density at radius 3 is 2.36 bits per heavy atom. The number of rotatable bonds is 7. The van der Waals surface area contributed by atoms with Crippen LogP contribution in [0.5, 0.6) is 17.2 Å². The predicted molar refractivity (Wildman–Crippen MR) is 109 cm³/mol. The number of ether oxygens (including phenoxy) is 3. The lowest BCUT2D eigenvalue weighted by Crippen LogP contribution is -3.06. The number of benzene rings is 2. The van der Waals surface area contributed by atoms with Gasteiger partial charge in [0.05, 0.1) is 53.9 Å². The Balaban J connectivity index is 2.16. The Kier molecular flexibility index (Phi) is 6.21. The van der Waals surface area contributed by atoms with Gasteiger partial charge < -0.3 is 23.5 Å². The Bertz CT molecular complexity index is 1020. The molecule has 6 nitrogen and oxygen atoms in total. The van der Waals surface area contributed by atoms with Crippen LogP contribution < -0.4 is 24.5 Å². The van der Waals surface area contributed by atoms with E-state index in [9.17, 15) is 0 Å². The van der Waals surface area contributed by atoms with Crippen molar-refractivity contribution in [3.05, 3.63) is 47.8 Å². The van der Waals surface area contributed by atoms with Crippen LogP contribution in [0.4, 0.5) is 0 Å². The van der Waals surface area contributed by atoms with Gasteiger partial charge in [-0.2, -0.15) is 0 Å². The highest BCUT2D eigenvalue weighted by Crippen LogP contribution is 2.33. The molecule has 3 aromatic rings. The molecule has 0 aliphatic heterocycles. The van der Waals surface area contributed by atoms with Crippen molar-refractivity contribution in [1.29, 1.82) is 0 Å². The SMILES string of the molecule is COc1ccc2oc(-c3ccc(OC)c(OC)c3)cc(=NCC[NH+](C)C)c2c1. The number of methoxy groups -OCH3 is 3. The van der Waals surface area contributed by atoms with Gasteiger partial charge in [-0.3, -0.25) is 4.99 Å². The molecule has 1 heterocycles. The molecule has 0 bridgehead atoms. The Hall–Kier alpha value is -2.99.